The Balaban J connectivity index is 1.77. The maximum Gasteiger partial charge on any atom is 0.248 e. The summed E-state index contributed by atoms with van der Waals surface area (Å²) in [6, 6.07) is 17.6. The van der Waals surface area contributed by atoms with Crippen LogP contribution in [0.15, 0.2) is 65.3 Å². The molecule has 1 amide bonds. The Hall–Kier alpha value is -3.38. The lowest BCUT2D eigenvalue weighted by molar-refractivity contribution is -0.120. The number of ether oxygens (including phenoxy) is 1. The molecule has 0 bridgehead atoms. The average molecular weight is 418 g/mol. The van der Waals surface area contributed by atoms with Gasteiger partial charge in [-0.15, -0.1) is 0 Å². The molecule has 0 saturated heterocycles. The van der Waals surface area contributed by atoms with Crippen molar-refractivity contribution >= 4 is 22.6 Å². The van der Waals surface area contributed by atoms with Gasteiger partial charge in [-0.05, 0) is 55.7 Å². The number of fused-ring (bicyclic) bond motifs is 1. The molecule has 6 nitrogen and oxygen atoms in total. The van der Waals surface area contributed by atoms with Gasteiger partial charge in [0.2, 0.25) is 5.91 Å². The Bertz CT molecular complexity index is 1180. The molecule has 0 spiro atoms. The van der Waals surface area contributed by atoms with Crippen molar-refractivity contribution in [2.45, 2.75) is 33.7 Å². The Morgan fingerprint density at radius 3 is 2.68 bits per heavy atom. The van der Waals surface area contributed by atoms with Gasteiger partial charge in [0.15, 0.2) is 11.6 Å². The van der Waals surface area contributed by atoms with E-state index in [-0.39, 0.29) is 19.2 Å². The van der Waals surface area contributed by atoms with Crippen molar-refractivity contribution < 1.29 is 13.9 Å². The molecular weight excluding hydrogens is 390 g/mol. The highest BCUT2D eigenvalue weighted by molar-refractivity contribution is 5.96. The summed E-state index contributed by atoms with van der Waals surface area (Å²) in [5.41, 5.74) is 4.80. The molecule has 6 heteroatoms. The average Bonchev–Trinajstić information content (AvgIpc) is 3.43. The zero-order valence-electron chi connectivity index (χ0n) is 18.2. The lowest BCUT2D eigenvalue weighted by Crippen LogP contribution is -2.37. The summed E-state index contributed by atoms with van der Waals surface area (Å²) >= 11 is 0. The zero-order chi connectivity index (χ0) is 21.8. The van der Waals surface area contributed by atoms with E-state index in [1.54, 1.807) is 11.2 Å². The summed E-state index contributed by atoms with van der Waals surface area (Å²) in [7, 11) is 0. The molecule has 160 valence electrons. The predicted molar refractivity (Wildman–Crippen MR) is 122 cm³/mol. The monoisotopic (exact) mass is 417 g/mol. The van der Waals surface area contributed by atoms with E-state index in [2.05, 4.69) is 13.0 Å². The van der Waals surface area contributed by atoms with Gasteiger partial charge < -0.3 is 13.7 Å². The van der Waals surface area contributed by atoms with Crippen molar-refractivity contribution in [3.8, 4) is 11.6 Å². The first-order chi connectivity index (χ1) is 15.1. The van der Waals surface area contributed by atoms with Crippen molar-refractivity contribution in [2.24, 2.45) is 0 Å². The smallest absolute Gasteiger partial charge is 0.248 e. The number of furan rings is 1. The fourth-order valence-corrected chi connectivity index (χ4v) is 3.89. The van der Waals surface area contributed by atoms with Gasteiger partial charge in [0.05, 0.1) is 23.0 Å². The van der Waals surface area contributed by atoms with Gasteiger partial charge in [-0.1, -0.05) is 37.3 Å². The fraction of sp³-hybridized carbons (Fsp3) is 0.280. The van der Waals surface area contributed by atoms with E-state index in [4.69, 9.17) is 14.1 Å². The molecule has 4 aromatic rings. The van der Waals surface area contributed by atoms with Crippen LogP contribution in [0.25, 0.3) is 22.6 Å². The van der Waals surface area contributed by atoms with Crippen LogP contribution in [0.1, 0.15) is 25.0 Å². The number of hydrogen-bond acceptors (Lipinski definition) is 4. The number of imidazole rings is 1. The minimum atomic E-state index is -0.0617. The number of anilines is 1. The third-order valence-corrected chi connectivity index (χ3v) is 5.39. The predicted octanol–water partition coefficient (Wildman–Crippen LogP) is 5.19. The van der Waals surface area contributed by atoms with Crippen molar-refractivity contribution in [3.05, 3.63) is 72.0 Å². The Kier molecular flexibility index (Phi) is 6.18. The highest BCUT2D eigenvalue weighted by Crippen LogP contribution is 2.29. The van der Waals surface area contributed by atoms with E-state index in [9.17, 15) is 4.79 Å². The molecule has 2 aromatic heterocycles. The molecule has 0 aliphatic carbocycles. The van der Waals surface area contributed by atoms with Crippen molar-refractivity contribution in [1.29, 1.82) is 0 Å². The first-order valence-electron chi connectivity index (χ1n) is 10.6. The van der Waals surface area contributed by atoms with Crippen LogP contribution < -0.4 is 4.90 Å². The van der Waals surface area contributed by atoms with Crippen LogP contribution in [0.2, 0.25) is 0 Å². The van der Waals surface area contributed by atoms with Crippen LogP contribution in [-0.4, -0.2) is 28.8 Å². The third kappa shape index (κ3) is 4.11. The highest BCUT2D eigenvalue weighted by Gasteiger charge is 2.24. The van der Waals surface area contributed by atoms with E-state index in [1.165, 1.54) is 0 Å². The summed E-state index contributed by atoms with van der Waals surface area (Å²) in [5.74, 6) is 1.20. The van der Waals surface area contributed by atoms with Crippen LogP contribution >= 0.6 is 0 Å². The second kappa shape index (κ2) is 9.18. The standard InChI is InChI=1S/C25H27N3O3/c1-4-19-11-8-10-18(3)24(19)28(17-30-5-2)23(29)16-27-21-13-7-6-12-20(21)26-25(27)22-14-9-15-31-22/h6-15H,4-5,16-17H2,1-3H3. The van der Waals surface area contributed by atoms with Gasteiger partial charge in [-0.3, -0.25) is 9.69 Å². The first kappa shape index (κ1) is 20.9. The summed E-state index contributed by atoms with van der Waals surface area (Å²) in [5, 5.41) is 0. The van der Waals surface area contributed by atoms with Gasteiger partial charge in [-0.25, -0.2) is 4.98 Å². The minimum Gasteiger partial charge on any atom is -0.461 e. The molecular formula is C25H27N3O3. The van der Waals surface area contributed by atoms with Crippen LogP contribution in [0.5, 0.6) is 0 Å². The zero-order valence-corrected chi connectivity index (χ0v) is 18.2. The van der Waals surface area contributed by atoms with Crippen molar-refractivity contribution in [1.82, 2.24) is 9.55 Å². The van der Waals surface area contributed by atoms with E-state index in [0.29, 0.717) is 18.2 Å². The Morgan fingerprint density at radius 2 is 1.94 bits per heavy atom. The molecule has 4 rings (SSSR count). The van der Waals surface area contributed by atoms with Crippen LogP contribution in [0, 0.1) is 6.92 Å². The van der Waals surface area contributed by atoms with Crippen LogP contribution in [-0.2, 0) is 22.5 Å². The number of aromatic nitrogens is 2. The number of carbonyl (C=O) groups excluding carboxylic acids is 1. The lowest BCUT2D eigenvalue weighted by atomic mass is 10.0. The van der Waals surface area contributed by atoms with Gasteiger partial charge in [-0.2, -0.15) is 0 Å². The summed E-state index contributed by atoms with van der Waals surface area (Å²) < 4.78 is 13.2. The lowest BCUT2D eigenvalue weighted by Gasteiger charge is -2.27. The van der Waals surface area contributed by atoms with Crippen LogP contribution in [0.4, 0.5) is 5.69 Å². The molecule has 2 heterocycles. The first-order valence-corrected chi connectivity index (χ1v) is 10.6. The second-order valence-electron chi connectivity index (χ2n) is 7.37. The number of benzene rings is 2. The number of carbonyl (C=O) groups is 1. The molecule has 0 aliphatic rings. The quantitative estimate of drug-likeness (QED) is 0.370. The number of hydrogen-bond donors (Lipinski definition) is 0. The molecule has 0 aliphatic heterocycles. The van der Waals surface area contributed by atoms with Crippen molar-refractivity contribution in [2.75, 3.05) is 18.2 Å². The van der Waals surface area contributed by atoms with Gasteiger partial charge in [0.1, 0.15) is 13.3 Å². The molecule has 0 N–H and O–H groups in total. The molecule has 31 heavy (non-hydrogen) atoms. The minimum absolute atomic E-state index is 0.0617. The number of aryl methyl sites for hydroxylation is 2. The topological polar surface area (TPSA) is 60.5 Å². The number of nitrogens with zero attached hydrogens (tertiary/aromatic N) is 3. The normalized spacial score (nSPS) is 11.2. The van der Waals surface area contributed by atoms with E-state index in [0.717, 1.165) is 34.3 Å². The summed E-state index contributed by atoms with van der Waals surface area (Å²) in [6.07, 6.45) is 2.45. The van der Waals surface area contributed by atoms with Crippen molar-refractivity contribution in [3.63, 3.8) is 0 Å². The largest absolute Gasteiger partial charge is 0.461 e. The van der Waals surface area contributed by atoms with Gasteiger partial charge in [0, 0.05) is 6.61 Å². The number of amides is 1. The Morgan fingerprint density at radius 1 is 1.10 bits per heavy atom. The molecule has 0 saturated carbocycles. The third-order valence-electron chi connectivity index (χ3n) is 5.39. The number of rotatable bonds is 8. The van der Waals surface area contributed by atoms with Crippen LogP contribution in [0.3, 0.4) is 0 Å². The fourth-order valence-electron chi connectivity index (χ4n) is 3.89. The molecule has 0 unspecified atom stereocenters. The SMILES string of the molecule is CCOCN(C(=O)Cn1c(-c2ccco2)nc2ccccc21)c1c(C)cccc1CC. The summed E-state index contributed by atoms with van der Waals surface area (Å²) in [6.45, 7) is 6.92. The van der Waals surface area contributed by atoms with Gasteiger partial charge in [0.25, 0.3) is 0 Å². The summed E-state index contributed by atoms with van der Waals surface area (Å²) in [4.78, 5) is 20.1. The maximum atomic E-state index is 13.7. The molecule has 0 fully saturated rings. The second-order valence-corrected chi connectivity index (χ2v) is 7.37. The number of para-hydroxylation sites is 3. The van der Waals surface area contributed by atoms with E-state index in [1.807, 2.05) is 66.9 Å². The molecule has 0 radical (unpaired) electrons. The van der Waals surface area contributed by atoms with E-state index < -0.39 is 0 Å². The molecule has 2 aromatic carbocycles. The van der Waals surface area contributed by atoms with Gasteiger partial charge >= 0.3 is 0 Å². The van der Waals surface area contributed by atoms with E-state index >= 15 is 0 Å². The Labute approximate surface area is 182 Å². The molecule has 0 atom stereocenters. The highest BCUT2D eigenvalue weighted by atomic mass is 16.5. The maximum absolute atomic E-state index is 13.7.